The molecular formula is C24H29NO4. The number of carbonyl (C=O) groups excluding carboxylic acids is 1. The van der Waals surface area contributed by atoms with Crippen molar-refractivity contribution in [2.24, 2.45) is 11.8 Å². The van der Waals surface area contributed by atoms with Gasteiger partial charge >= 0.3 is 5.97 Å². The highest BCUT2D eigenvalue weighted by Crippen LogP contribution is 2.31. The lowest BCUT2D eigenvalue weighted by Crippen LogP contribution is -2.39. The molecule has 1 aliphatic rings. The molecule has 5 nitrogen and oxygen atoms in total. The van der Waals surface area contributed by atoms with Gasteiger partial charge in [0.05, 0.1) is 11.8 Å². The van der Waals surface area contributed by atoms with Crippen molar-refractivity contribution >= 4 is 11.9 Å². The van der Waals surface area contributed by atoms with Crippen molar-refractivity contribution < 1.29 is 19.4 Å². The van der Waals surface area contributed by atoms with Crippen molar-refractivity contribution in [3.63, 3.8) is 0 Å². The van der Waals surface area contributed by atoms with Crippen LogP contribution in [0.5, 0.6) is 11.5 Å². The fraction of sp³-hybridized carbons (Fsp3) is 0.417. The highest BCUT2D eigenvalue weighted by atomic mass is 16.5. The van der Waals surface area contributed by atoms with Crippen molar-refractivity contribution in [3.8, 4) is 11.5 Å². The Morgan fingerprint density at radius 1 is 1.03 bits per heavy atom. The summed E-state index contributed by atoms with van der Waals surface area (Å²) in [5.74, 6) is -0.0738. The summed E-state index contributed by atoms with van der Waals surface area (Å²) in [6.07, 6.45) is 3.01. The summed E-state index contributed by atoms with van der Waals surface area (Å²) in [6, 6.07) is 15.6. The molecule has 29 heavy (non-hydrogen) atoms. The van der Waals surface area contributed by atoms with Crippen LogP contribution >= 0.6 is 0 Å². The Balaban J connectivity index is 1.58. The number of carboxylic acid groups (broad SMARTS) is 1. The second kappa shape index (κ2) is 9.59. The minimum atomic E-state index is -0.868. The van der Waals surface area contributed by atoms with Gasteiger partial charge in [-0.1, -0.05) is 57.0 Å². The van der Waals surface area contributed by atoms with Crippen LogP contribution in [-0.2, 0) is 16.1 Å². The minimum Gasteiger partial charge on any atom is -0.481 e. The molecule has 0 aromatic heterocycles. The Kier molecular flexibility index (Phi) is 6.91. The van der Waals surface area contributed by atoms with E-state index in [9.17, 15) is 14.7 Å². The van der Waals surface area contributed by atoms with Crippen LogP contribution in [0.15, 0.2) is 48.5 Å². The van der Waals surface area contributed by atoms with Gasteiger partial charge in [-0.2, -0.15) is 0 Å². The Hall–Kier alpha value is -2.82. The summed E-state index contributed by atoms with van der Waals surface area (Å²) in [4.78, 5) is 23.9. The standard InChI is InChI=1S/C24H29NO4/c1-16(2)19-7-5-6-10-22(19)29-18-13-11-17(12-14-18)15-25-23(26)20-8-3-4-9-21(20)24(27)28/h5-7,10-14,16,20-21H,3-4,8-9,15H2,1-2H3,(H,25,26)(H,27,28). The number of carboxylic acids is 1. The maximum Gasteiger partial charge on any atom is 0.307 e. The van der Waals surface area contributed by atoms with Crippen LogP contribution in [0.1, 0.15) is 56.6 Å². The zero-order valence-corrected chi connectivity index (χ0v) is 17.1. The van der Waals surface area contributed by atoms with Crippen LogP contribution < -0.4 is 10.1 Å². The third kappa shape index (κ3) is 5.37. The van der Waals surface area contributed by atoms with Crippen LogP contribution in [0.4, 0.5) is 0 Å². The van der Waals surface area contributed by atoms with Crippen molar-refractivity contribution in [1.29, 1.82) is 0 Å². The van der Waals surface area contributed by atoms with Crippen LogP contribution in [0.25, 0.3) is 0 Å². The van der Waals surface area contributed by atoms with E-state index in [0.29, 0.717) is 25.3 Å². The van der Waals surface area contributed by atoms with Gasteiger partial charge in [-0.15, -0.1) is 0 Å². The lowest BCUT2D eigenvalue weighted by molar-refractivity contribution is -0.148. The van der Waals surface area contributed by atoms with Crippen molar-refractivity contribution in [2.75, 3.05) is 0 Å². The smallest absolute Gasteiger partial charge is 0.307 e. The van der Waals surface area contributed by atoms with Crippen LogP contribution in [-0.4, -0.2) is 17.0 Å². The van der Waals surface area contributed by atoms with E-state index in [2.05, 4.69) is 25.2 Å². The topological polar surface area (TPSA) is 75.6 Å². The lowest BCUT2D eigenvalue weighted by Gasteiger charge is -2.27. The van der Waals surface area contributed by atoms with Gasteiger partial charge in [-0.3, -0.25) is 9.59 Å². The average molecular weight is 395 g/mol. The first-order valence-electron chi connectivity index (χ1n) is 10.3. The number of ether oxygens (including phenoxy) is 1. The third-order valence-electron chi connectivity index (χ3n) is 5.58. The Bertz CT molecular complexity index is 844. The number of hydrogen-bond acceptors (Lipinski definition) is 3. The van der Waals surface area contributed by atoms with E-state index in [1.54, 1.807) is 0 Å². The van der Waals surface area contributed by atoms with Gasteiger partial charge in [-0.05, 0) is 48.1 Å². The molecule has 0 aliphatic heterocycles. The molecule has 0 heterocycles. The molecule has 2 aromatic rings. The number of hydrogen-bond donors (Lipinski definition) is 2. The third-order valence-corrected chi connectivity index (χ3v) is 5.58. The normalized spacial score (nSPS) is 19.0. The van der Waals surface area contributed by atoms with E-state index in [0.717, 1.165) is 35.5 Å². The summed E-state index contributed by atoms with van der Waals surface area (Å²) in [5.41, 5.74) is 2.11. The zero-order chi connectivity index (χ0) is 20.8. The summed E-state index contributed by atoms with van der Waals surface area (Å²) in [7, 11) is 0. The number of nitrogens with one attached hydrogen (secondary N) is 1. The van der Waals surface area contributed by atoms with E-state index < -0.39 is 17.8 Å². The molecule has 1 amide bonds. The van der Waals surface area contributed by atoms with E-state index in [1.807, 2.05) is 42.5 Å². The average Bonchev–Trinajstić information content (AvgIpc) is 2.73. The largest absolute Gasteiger partial charge is 0.481 e. The molecule has 2 aromatic carbocycles. The summed E-state index contributed by atoms with van der Waals surface area (Å²) < 4.78 is 6.03. The fourth-order valence-corrected chi connectivity index (χ4v) is 3.91. The maximum absolute atomic E-state index is 12.5. The monoisotopic (exact) mass is 395 g/mol. The molecule has 2 unspecified atom stereocenters. The molecule has 0 bridgehead atoms. The van der Waals surface area contributed by atoms with Crippen LogP contribution in [0.2, 0.25) is 0 Å². The SMILES string of the molecule is CC(C)c1ccccc1Oc1ccc(CNC(=O)C2CCCCC2C(=O)O)cc1. The molecule has 1 aliphatic carbocycles. The van der Waals surface area contributed by atoms with Gasteiger partial charge in [0.2, 0.25) is 5.91 Å². The van der Waals surface area contributed by atoms with Crippen molar-refractivity contribution in [1.82, 2.24) is 5.32 Å². The summed E-state index contributed by atoms with van der Waals surface area (Å²) in [5, 5.41) is 12.3. The molecule has 3 rings (SSSR count). The molecule has 0 saturated heterocycles. The second-order valence-corrected chi connectivity index (χ2v) is 7.99. The highest BCUT2D eigenvalue weighted by molar-refractivity contribution is 5.84. The van der Waals surface area contributed by atoms with Crippen molar-refractivity contribution in [3.05, 3.63) is 59.7 Å². The molecular weight excluding hydrogens is 366 g/mol. The number of rotatable bonds is 7. The van der Waals surface area contributed by atoms with E-state index in [-0.39, 0.29) is 5.91 Å². The molecule has 0 radical (unpaired) electrons. The molecule has 5 heteroatoms. The highest BCUT2D eigenvalue weighted by Gasteiger charge is 2.35. The van der Waals surface area contributed by atoms with Crippen LogP contribution in [0.3, 0.4) is 0 Å². The number of aliphatic carboxylic acids is 1. The fourth-order valence-electron chi connectivity index (χ4n) is 3.91. The zero-order valence-electron chi connectivity index (χ0n) is 17.1. The summed E-state index contributed by atoms with van der Waals surface area (Å²) in [6.45, 7) is 4.65. The van der Waals surface area contributed by atoms with Crippen LogP contribution in [0, 0.1) is 11.8 Å². The minimum absolute atomic E-state index is 0.164. The lowest BCUT2D eigenvalue weighted by atomic mass is 9.78. The Morgan fingerprint density at radius 2 is 1.69 bits per heavy atom. The van der Waals surface area contributed by atoms with Gasteiger partial charge in [0.1, 0.15) is 11.5 Å². The number of amides is 1. The predicted octanol–water partition coefficient (Wildman–Crippen LogP) is 5.11. The van der Waals surface area contributed by atoms with Gasteiger partial charge in [-0.25, -0.2) is 0 Å². The molecule has 154 valence electrons. The first-order valence-corrected chi connectivity index (χ1v) is 10.3. The van der Waals surface area contributed by atoms with E-state index in [1.165, 1.54) is 0 Å². The molecule has 2 N–H and O–H groups in total. The Labute approximate surface area is 172 Å². The molecule has 1 fully saturated rings. The van der Waals surface area contributed by atoms with Gasteiger partial charge < -0.3 is 15.2 Å². The molecule has 2 atom stereocenters. The number of para-hydroxylation sites is 1. The van der Waals surface area contributed by atoms with Gasteiger partial charge in [0.15, 0.2) is 0 Å². The number of carbonyl (C=O) groups is 2. The Morgan fingerprint density at radius 3 is 2.34 bits per heavy atom. The first-order chi connectivity index (χ1) is 14.0. The molecule has 1 saturated carbocycles. The van der Waals surface area contributed by atoms with Crippen molar-refractivity contribution in [2.45, 2.75) is 52.0 Å². The van der Waals surface area contributed by atoms with E-state index in [4.69, 9.17) is 4.74 Å². The van der Waals surface area contributed by atoms with Gasteiger partial charge in [0, 0.05) is 6.54 Å². The molecule has 0 spiro atoms. The maximum atomic E-state index is 12.5. The van der Waals surface area contributed by atoms with E-state index >= 15 is 0 Å². The number of benzene rings is 2. The van der Waals surface area contributed by atoms with Gasteiger partial charge in [0.25, 0.3) is 0 Å². The quantitative estimate of drug-likeness (QED) is 0.683. The second-order valence-electron chi connectivity index (χ2n) is 7.99. The predicted molar refractivity (Wildman–Crippen MR) is 112 cm³/mol. The summed E-state index contributed by atoms with van der Waals surface area (Å²) >= 11 is 0. The first kappa shape index (κ1) is 20.9.